The van der Waals surface area contributed by atoms with Gasteiger partial charge in [0.25, 0.3) is 5.91 Å². The van der Waals surface area contributed by atoms with Gasteiger partial charge in [0.05, 0.1) is 24.0 Å². The molecule has 1 aromatic carbocycles. The Hall–Kier alpha value is -3.44. The molecule has 1 atom stereocenters. The number of nitrogens with one attached hydrogen (secondary N) is 2. The van der Waals surface area contributed by atoms with Crippen LogP contribution in [0.15, 0.2) is 53.8 Å². The number of benzene rings is 1. The molecule has 178 valence electrons. The van der Waals surface area contributed by atoms with Gasteiger partial charge in [0.1, 0.15) is 18.2 Å². The molecular formula is C23H27N7O3S. The van der Waals surface area contributed by atoms with Gasteiger partial charge >= 0.3 is 0 Å². The third-order valence-corrected chi connectivity index (χ3v) is 6.31. The van der Waals surface area contributed by atoms with Crippen LogP contribution in [0, 0.1) is 0 Å². The summed E-state index contributed by atoms with van der Waals surface area (Å²) in [4.78, 5) is 36.6. The average Bonchev–Trinajstić information content (AvgIpc) is 3.24. The van der Waals surface area contributed by atoms with Gasteiger partial charge in [-0.2, -0.15) is 0 Å². The Morgan fingerprint density at radius 2 is 2.03 bits per heavy atom. The molecular weight excluding hydrogens is 454 g/mol. The molecule has 34 heavy (non-hydrogen) atoms. The number of hydrogen-bond acceptors (Lipinski definition) is 8. The number of pyridine rings is 1. The molecule has 1 aliphatic heterocycles. The monoisotopic (exact) mass is 481 g/mol. The molecule has 0 saturated heterocycles. The molecule has 3 aromatic rings. The van der Waals surface area contributed by atoms with Gasteiger partial charge in [0.15, 0.2) is 0 Å². The van der Waals surface area contributed by atoms with Crippen LogP contribution in [0.2, 0.25) is 0 Å². The second-order valence-electron chi connectivity index (χ2n) is 8.69. The molecule has 2 amide bonds. The van der Waals surface area contributed by atoms with Gasteiger partial charge in [-0.3, -0.25) is 9.59 Å². The maximum absolute atomic E-state index is 13.0. The molecule has 10 nitrogen and oxygen atoms in total. The summed E-state index contributed by atoms with van der Waals surface area (Å²) in [5.41, 5.74) is 0.816. The zero-order chi connectivity index (χ0) is 24.3. The minimum Gasteiger partial charge on any atom is -0.389 e. The van der Waals surface area contributed by atoms with Crippen LogP contribution in [0.5, 0.6) is 0 Å². The number of likely N-dealkylation sites (N-methyl/N-ethyl adjacent to an activating group) is 1. The molecule has 0 fully saturated rings. The minimum atomic E-state index is -0.883. The van der Waals surface area contributed by atoms with E-state index in [1.54, 1.807) is 31.8 Å². The van der Waals surface area contributed by atoms with E-state index in [4.69, 9.17) is 0 Å². The van der Waals surface area contributed by atoms with Crippen molar-refractivity contribution in [3.05, 3.63) is 60.3 Å². The summed E-state index contributed by atoms with van der Waals surface area (Å²) >= 11 is 1.45. The molecule has 0 bridgehead atoms. The normalized spacial score (nSPS) is 16.1. The number of nitrogens with zero attached hydrogens (tertiary/aromatic N) is 5. The van der Waals surface area contributed by atoms with Gasteiger partial charge in [-0.05, 0) is 25.5 Å². The standard InChI is InChI=1S/C23H27N7O3S/c1-23(2,33)13-25-19-9-18-17(10-24-19)29(3)22(32)16(12-34-18)27-21(31)20-26-14-30(28-20)11-15-7-5-4-6-8-15/h4-10,14,16,33H,11-13H2,1-3H3,(H,24,25)(H,27,31)/t16-/m0/s1. The highest BCUT2D eigenvalue weighted by atomic mass is 32.2. The molecule has 0 saturated carbocycles. The highest BCUT2D eigenvalue weighted by molar-refractivity contribution is 7.99. The van der Waals surface area contributed by atoms with Crippen molar-refractivity contribution < 1.29 is 14.7 Å². The van der Waals surface area contributed by atoms with Crippen molar-refractivity contribution in [1.29, 1.82) is 0 Å². The summed E-state index contributed by atoms with van der Waals surface area (Å²) in [6.07, 6.45) is 3.12. The van der Waals surface area contributed by atoms with Crippen LogP contribution in [-0.2, 0) is 11.3 Å². The van der Waals surface area contributed by atoms with Gasteiger partial charge in [-0.15, -0.1) is 16.9 Å². The van der Waals surface area contributed by atoms with Crippen molar-refractivity contribution in [3.63, 3.8) is 0 Å². The molecule has 0 unspecified atom stereocenters. The Morgan fingerprint density at radius 3 is 2.76 bits per heavy atom. The summed E-state index contributed by atoms with van der Waals surface area (Å²) in [7, 11) is 1.66. The molecule has 4 rings (SSSR count). The lowest BCUT2D eigenvalue weighted by molar-refractivity contribution is -0.119. The summed E-state index contributed by atoms with van der Waals surface area (Å²) in [5, 5.41) is 20.0. The van der Waals surface area contributed by atoms with Crippen molar-refractivity contribution in [3.8, 4) is 0 Å². The van der Waals surface area contributed by atoms with Gasteiger partial charge in [-0.1, -0.05) is 30.3 Å². The van der Waals surface area contributed by atoms with E-state index in [1.165, 1.54) is 23.0 Å². The van der Waals surface area contributed by atoms with E-state index in [0.29, 0.717) is 30.3 Å². The van der Waals surface area contributed by atoms with Gasteiger partial charge in [0.2, 0.25) is 11.7 Å². The van der Waals surface area contributed by atoms with Crippen LogP contribution in [0.25, 0.3) is 0 Å². The third kappa shape index (κ3) is 5.72. The van der Waals surface area contributed by atoms with Gasteiger partial charge in [0, 0.05) is 24.2 Å². The largest absolute Gasteiger partial charge is 0.389 e. The molecule has 1 aliphatic rings. The SMILES string of the molecule is CN1C(=O)[C@@H](NC(=O)c2ncn(Cc3ccccc3)n2)CSc2cc(NCC(C)(C)O)ncc21. The fourth-order valence-electron chi connectivity index (χ4n) is 3.37. The first-order chi connectivity index (χ1) is 16.2. The fourth-order valence-corrected chi connectivity index (χ4v) is 4.47. The average molecular weight is 482 g/mol. The van der Waals surface area contributed by atoms with E-state index >= 15 is 0 Å². The number of thioether (sulfide) groups is 1. The van der Waals surface area contributed by atoms with Crippen LogP contribution in [0.3, 0.4) is 0 Å². The maximum Gasteiger partial charge on any atom is 0.291 e. The maximum atomic E-state index is 13.0. The number of aliphatic hydroxyl groups is 1. The Bertz CT molecular complexity index is 1180. The lowest BCUT2D eigenvalue weighted by atomic mass is 10.1. The Kier molecular flexibility index (Phi) is 6.85. The Labute approximate surface area is 201 Å². The summed E-state index contributed by atoms with van der Waals surface area (Å²) in [6.45, 7) is 4.24. The highest BCUT2D eigenvalue weighted by Crippen LogP contribution is 2.34. The molecule has 3 N–H and O–H groups in total. The van der Waals surface area contributed by atoms with Gasteiger partial charge in [-0.25, -0.2) is 14.6 Å². The van der Waals surface area contributed by atoms with E-state index in [9.17, 15) is 14.7 Å². The smallest absolute Gasteiger partial charge is 0.291 e. The summed E-state index contributed by atoms with van der Waals surface area (Å²) < 4.78 is 1.59. The number of carbonyl (C=O) groups is 2. The lowest BCUT2D eigenvalue weighted by Crippen LogP contribution is -2.48. The minimum absolute atomic E-state index is 0.0120. The van der Waals surface area contributed by atoms with E-state index in [1.807, 2.05) is 36.4 Å². The number of amides is 2. The summed E-state index contributed by atoms with van der Waals surface area (Å²) in [5.74, 6) is 0.211. The first-order valence-electron chi connectivity index (χ1n) is 10.8. The predicted octanol–water partition coefficient (Wildman–Crippen LogP) is 1.77. The van der Waals surface area contributed by atoms with Crippen molar-refractivity contribution in [2.24, 2.45) is 0 Å². The van der Waals surface area contributed by atoms with Crippen molar-refractivity contribution >= 4 is 35.1 Å². The molecule has 2 aromatic heterocycles. The number of aromatic nitrogens is 4. The predicted molar refractivity (Wildman–Crippen MR) is 130 cm³/mol. The van der Waals surface area contributed by atoms with Crippen molar-refractivity contribution in [2.75, 3.05) is 29.6 Å². The fraction of sp³-hybridized carbons (Fsp3) is 0.348. The molecule has 0 radical (unpaired) electrons. The third-order valence-electron chi connectivity index (χ3n) is 5.18. The van der Waals surface area contributed by atoms with Crippen LogP contribution < -0.4 is 15.5 Å². The van der Waals surface area contributed by atoms with Crippen LogP contribution in [-0.4, -0.2) is 67.7 Å². The second kappa shape index (κ2) is 9.82. The number of rotatable bonds is 7. The summed E-state index contributed by atoms with van der Waals surface area (Å²) in [6, 6.07) is 10.8. The molecule has 0 spiro atoms. The van der Waals surface area contributed by atoms with Crippen LogP contribution in [0.4, 0.5) is 11.5 Å². The highest BCUT2D eigenvalue weighted by Gasteiger charge is 2.31. The van der Waals surface area contributed by atoms with Crippen LogP contribution >= 0.6 is 11.8 Å². The van der Waals surface area contributed by atoms with Crippen molar-refractivity contribution in [2.45, 2.75) is 36.9 Å². The van der Waals surface area contributed by atoms with E-state index in [2.05, 4.69) is 25.7 Å². The van der Waals surface area contributed by atoms with E-state index < -0.39 is 17.6 Å². The first kappa shape index (κ1) is 23.7. The Balaban J connectivity index is 1.42. The first-order valence-corrected chi connectivity index (χ1v) is 11.8. The molecule has 11 heteroatoms. The molecule has 3 heterocycles. The Morgan fingerprint density at radius 1 is 1.26 bits per heavy atom. The zero-order valence-corrected chi connectivity index (χ0v) is 20.0. The van der Waals surface area contributed by atoms with E-state index in [-0.39, 0.29) is 11.7 Å². The molecule has 0 aliphatic carbocycles. The van der Waals surface area contributed by atoms with Crippen molar-refractivity contribution in [1.82, 2.24) is 25.1 Å². The number of hydrogen-bond donors (Lipinski definition) is 3. The quantitative estimate of drug-likeness (QED) is 0.466. The lowest BCUT2D eigenvalue weighted by Gasteiger charge is -2.21. The zero-order valence-electron chi connectivity index (χ0n) is 19.2. The van der Waals surface area contributed by atoms with Crippen LogP contribution in [0.1, 0.15) is 30.0 Å². The van der Waals surface area contributed by atoms with E-state index in [0.717, 1.165) is 10.5 Å². The number of carbonyl (C=O) groups excluding carboxylic acids is 2. The topological polar surface area (TPSA) is 125 Å². The number of anilines is 2. The second-order valence-corrected chi connectivity index (χ2v) is 9.75. The van der Waals surface area contributed by atoms with Gasteiger partial charge < -0.3 is 20.6 Å². The number of fused-ring (bicyclic) bond motifs is 1.